The first-order valence-electron chi connectivity index (χ1n) is 19.3. The first-order valence-corrected chi connectivity index (χ1v) is 19.3. The molecule has 5 aromatic rings. The highest BCUT2D eigenvalue weighted by atomic mass is 19.1. The third-order valence-corrected chi connectivity index (χ3v) is 12.6. The van der Waals surface area contributed by atoms with E-state index >= 15 is 4.39 Å². The van der Waals surface area contributed by atoms with Gasteiger partial charge in [0.2, 0.25) is 11.8 Å². The number of nitrogens with zero attached hydrogens (tertiary/aromatic N) is 8. The molecule has 0 radical (unpaired) electrons. The third-order valence-electron chi connectivity index (χ3n) is 12.6. The Morgan fingerprint density at radius 3 is 2.47 bits per heavy atom. The maximum atomic E-state index is 15.8. The second-order valence-electron chi connectivity index (χ2n) is 15.9. The number of carbonyl (C=O) groups excluding carboxylic acids is 2. The SMILES string of the molecule is CC(=O)N1CCC2(CC1)C(=O)N(C1CC(N3CCCCC3)C1)c1cc(-c3cc4ncn(C(C)C)c4c(N(C)c4cc5ccncc5cc4F)n3)ccc12. The molecule has 53 heavy (non-hydrogen) atoms. The predicted octanol–water partition coefficient (Wildman–Crippen LogP) is 7.38. The minimum atomic E-state index is -0.641. The predicted molar refractivity (Wildman–Crippen MR) is 206 cm³/mol. The van der Waals surface area contributed by atoms with Crippen molar-refractivity contribution in [3.63, 3.8) is 0 Å². The molecule has 0 N–H and O–H groups in total. The Bertz CT molecular complexity index is 2250. The summed E-state index contributed by atoms with van der Waals surface area (Å²) in [6.07, 6.45) is 12.2. The number of hydrogen-bond donors (Lipinski definition) is 0. The Morgan fingerprint density at radius 2 is 1.74 bits per heavy atom. The van der Waals surface area contributed by atoms with Crippen LogP contribution in [0.2, 0.25) is 0 Å². The van der Waals surface area contributed by atoms with Crippen molar-refractivity contribution >= 4 is 50.8 Å². The normalized spacial score (nSPS) is 21.5. The molecule has 2 aromatic carbocycles. The van der Waals surface area contributed by atoms with Crippen LogP contribution in [0.5, 0.6) is 0 Å². The highest BCUT2D eigenvalue weighted by Crippen LogP contribution is 2.52. The van der Waals surface area contributed by atoms with E-state index in [0.717, 1.165) is 64.6 Å². The lowest BCUT2D eigenvalue weighted by atomic mass is 9.73. The van der Waals surface area contributed by atoms with Crippen molar-refractivity contribution in [1.82, 2.24) is 29.3 Å². The van der Waals surface area contributed by atoms with E-state index in [1.54, 1.807) is 19.3 Å². The van der Waals surface area contributed by atoms with Crippen LogP contribution in [0.1, 0.15) is 77.3 Å². The number of imidazole rings is 1. The molecular weight excluding hydrogens is 668 g/mol. The van der Waals surface area contributed by atoms with Gasteiger partial charge in [-0.15, -0.1) is 0 Å². The molecule has 4 aliphatic rings. The Kier molecular flexibility index (Phi) is 8.25. The van der Waals surface area contributed by atoms with Crippen LogP contribution in [-0.4, -0.2) is 86.4 Å². The van der Waals surface area contributed by atoms with Gasteiger partial charge >= 0.3 is 0 Å². The molecular formula is C42H47FN8O2. The molecule has 9 rings (SSSR count). The van der Waals surface area contributed by atoms with Gasteiger partial charge in [0.15, 0.2) is 5.82 Å². The standard InChI is InChI=1S/C42H47FN8O2/c1-26(2)50-25-45-36-23-35(46-40(39(36)50)47(4)38-19-28-10-13-44-24-30(28)18-34(38)43)29-8-9-33-37(20-29)51(32-21-31(22-32)49-14-6-5-7-15-49)41(53)42(33)11-16-48(17-12-42)27(3)52/h8-10,13,18-20,23-26,31-32H,5-7,11-12,14-17,21-22H2,1-4H3. The van der Waals surface area contributed by atoms with Crippen molar-refractivity contribution in [2.75, 3.05) is 43.0 Å². The van der Waals surface area contributed by atoms with Gasteiger partial charge in [0, 0.05) is 74.2 Å². The second kappa shape index (κ2) is 12.9. The zero-order valence-corrected chi connectivity index (χ0v) is 31.1. The van der Waals surface area contributed by atoms with E-state index in [-0.39, 0.29) is 29.7 Å². The van der Waals surface area contributed by atoms with Crippen LogP contribution in [0, 0.1) is 5.82 Å². The number of halogens is 1. The van der Waals surface area contributed by atoms with Crippen molar-refractivity contribution in [2.24, 2.45) is 0 Å². The van der Waals surface area contributed by atoms with Crippen LogP contribution in [-0.2, 0) is 15.0 Å². The fourth-order valence-corrected chi connectivity index (χ4v) is 9.43. The van der Waals surface area contributed by atoms with Crippen molar-refractivity contribution in [1.29, 1.82) is 0 Å². The van der Waals surface area contributed by atoms with Gasteiger partial charge in [-0.3, -0.25) is 14.6 Å². The molecule has 3 aliphatic heterocycles. The summed E-state index contributed by atoms with van der Waals surface area (Å²) >= 11 is 0. The van der Waals surface area contributed by atoms with Gasteiger partial charge < -0.3 is 24.2 Å². The number of carbonyl (C=O) groups is 2. The van der Waals surface area contributed by atoms with Crippen LogP contribution < -0.4 is 9.80 Å². The number of anilines is 3. The zero-order valence-electron chi connectivity index (χ0n) is 31.1. The van der Waals surface area contributed by atoms with Crippen molar-refractivity contribution < 1.29 is 14.0 Å². The van der Waals surface area contributed by atoms with Gasteiger partial charge in [-0.1, -0.05) is 18.6 Å². The Labute approximate surface area is 309 Å². The summed E-state index contributed by atoms with van der Waals surface area (Å²) in [4.78, 5) is 49.8. The molecule has 0 bridgehead atoms. The van der Waals surface area contributed by atoms with E-state index < -0.39 is 5.41 Å². The van der Waals surface area contributed by atoms with E-state index in [2.05, 4.69) is 51.4 Å². The molecule has 1 saturated carbocycles. The molecule has 274 valence electrons. The van der Waals surface area contributed by atoms with E-state index in [4.69, 9.17) is 9.97 Å². The van der Waals surface area contributed by atoms with Crippen LogP contribution in [0.15, 0.2) is 61.2 Å². The number of aromatic nitrogens is 4. The molecule has 0 unspecified atom stereocenters. The highest BCUT2D eigenvalue weighted by molar-refractivity contribution is 6.09. The van der Waals surface area contributed by atoms with E-state index in [1.165, 1.54) is 25.3 Å². The minimum absolute atomic E-state index is 0.0591. The molecule has 2 saturated heterocycles. The summed E-state index contributed by atoms with van der Waals surface area (Å²) in [6.45, 7) is 9.25. The van der Waals surface area contributed by atoms with Gasteiger partial charge in [-0.25, -0.2) is 14.4 Å². The summed E-state index contributed by atoms with van der Waals surface area (Å²) < 4.78 is 17.9. The molecule has 11 heteroatoms. The number of benzene rings is 2. The minimum Gasteiger partial charge on any atom is -0.343 e. The number of fused-ring (bicyclic) bond motifs is 4. The van der Waals surface area contributed by atoms with E-state index in [9.17, 15) is 9.59 Å². The zero-order chi connectivity index (χ0) is 36.6. The maximum absolute atomic E-state index is 15.8. The summed E-state index contributed by atoms with van der Waals surface area (Å²) in [5.74, 6) is 0.473. The van der Waals surface area contributed by atoms with Crippen LogP contribution in [0.4, 0.5) is 21.6 Å². The van der Waals surface area contributed by atoms with Gasteiger partial charge in [0.05, 0.1) is 28.6 Å². The summed E-state index contributed by atoms with van der Waals surface area (Å²) in [5, 5.41) is 1.62. The molecule has 3 fully saturated rings. The monoisotopic (exact) mass is 714 g/mol. The topological polar surface area (TPSA) is 90.7 Å². The first kappa shape index (κ1) is 33.9. The average Bonchev–Trinajstić information content (AvgIpc) is 3.68. The Balaban J connectivity index is 1.14. The van der Waals surface area contributed by atoms with Crippen LogP contribution in [0.3, 0.4) is 0 Å². The summed E-state index contributed by atoms with van der Waals surface area (Å²) in [5.41, 5.74) is 4.97. The number of pyridine rings is 2. The molecule has 1 aliphatic carbocycles. The summed E-state index contributed by atoms with van der Waals surface area (Å²) in [6, 6.07) is 14.4. The van der Waals surface area contributed by atoms with Crippen LogP contribution >= 0.6 is 0 Å². The Morgan fingerprint density at radius 1 is 0.962 bits per heavy atom. The van der Waals surface area contributed by atoms with Crippen molar-refractivity contribution in [3.05, 3.63) is 72.6 Å². The number of rotatable bonds is 6. The molecule has 3 aromatic heterocycles. The number of piperidine rings is 2. The van der Waals surface area contributed by atoms with Crippen molar-refractivity contribution in [2.45, 2.75) is 89.3 Å². The van der Waals surface area contributed by atoms with Crippen LogP contribution in [0.25, 0.3) is 33.1 Å². The lowest BCUT2D eigenvalue weighted by molar-refractivity contribution is -0.134. The fourth-order valence-electron chi connectivity index (χ4n) is 9.43. The van der Waals surface area contributed by atoms with Gasteiger partial charge in [0.25, 0.3) is 0 Å². The van der Waals surface area contributed by atoms with Gasteiger partial charge in [-0.2, -0.15) is 0 Å². The second-order valence-corrected chi connectivity index (χ2v) is 15.9. The van der Waals surface area contributed by atoms with Gasteiger partial charge in [0.1, 0.15) is 11.3 Å². The molecule has 1 spiro atoms. The average molecular weight is 715 g/mol. The molecule has 10 nitrogen and oxygen atoms in total. The number of amides is 2. The van der Waals surface area contributed by atoms with E-state index in [0.29, 0.717) is 49.2 Å². The van der Waals surface area contributed by atoms with Gasteiger partial charge in [-0.05, 0) is 107 Å². The van der Waals surface area contributed by atoms with Crippen molar-refractivity contribution in [3.8, 4) is 11.3 Å². The lowest BCUT2D eigenvalue weighted by Gasteiger charge is -2.48. The maximum Gasteiger partial charge on any atom is 0.238 e. The molecule has 2 amide bonds. The summed E-state index contributed by atoms with van der Waals surface area (Å²) in [7, 11) is 1.85. The number of likely N-dealkylation sites (tertiary alicyclic amines) is 2. The Hall–Kier alpha value is -4.90. The highest BCUT2D eigenvalue weighted by Gasteiger charge is 2.55. The van der Waals surface area contributed by atoms with E-state index in [1.807, 2.05) is 41.4 Å². The molecule has 0 atom stereocenters. The smallest absolute Gasteiger partial charge is 0.238 e. The lowest BCUT2D eigenvalue weighted by Crippen LogP contribution is -2.58. The largest absolute Gasteiger partial charge is 0.343 e. The quantitative estimate of drug-likeness (QED) is 0.181. The first-order chi connectivity index (χ1) is 25.6. The fraction of sp³-hybridized carbons (Fsp3) is 0.452. The number of hydrogen-bond acceptors (Lipinski definition) is 7. The molecule has 6 heterocycles. The third kappa shape index (κ3) is 5.49.